The minimum atomic E-state index is -0.288. The summed E-state index contributed by atoms with van der Waals surface area (Å²) in [4.78, 5) is 14.5. The third-order valence-corrected chi connectivity index (χ3v) is 5.26. The van der Waals surface area contributed by atoms with Gasteiger partial charge in [-0.25, -0.2) is 4.39 Å². The summed E-state index contributed by atoms with van der Waals surface area (Å²) in [6.45, 7) is 2.82. The Morgan fingerprint density at radius 1 is 1.27 bits per heavy atom. The molecule has 3 rings (SSSR count). The Bertz CT molecular complexity index is 1080. The average Bonchev–Trinajstić information content (AvgIpc) is 3.07. The molecular formula is C22H26FN5OS. The number of halogens is 1. The van der Waals surface area contributed by atoms with Gasteiger partial charge < -0.3 is 10.2 Å². The lowest BCUT2D eigenvalue weighted by Crippen LogP contribution is -2.35. The standard InChI is InChI=1S/C22H26FN5OS/c1-15-6-4-8-17(12-15)21-25-26-22(30)28(21)11-10-20(29)24-14-19(27(2)3)16-7-5-9-18(23)13-16/h4-9,12-13,19H,10-11,14H2,1-3H3,(H,24,29)(H,26,30). The Hall–Kier alpha value is -2.84. The second-order valence-electron chi connectivity index (χ2n) is 7.46. The molecule has 1 unspecified atom stereocenters. The molecule has 0 saturated heterocycles. The number of nitrogens with zero attached hydrogens (tertiary/aromatic N) is 3. The van der Waals surface area contributed by atoms with Crippen molar-refractivity contribution in [3.05, 3.63) is 70.2 Å². The molecule has 2 N–H and O–H groups in total. The highest BCUT2D eigenvalue weighted by atomic mass is 32.1. The van der Waals surface area contributed by atoms with E-state index in [4.69, 9.17) is 12.2 Å². The van der Waals surface area contributed by atoms with E-state index in [-0.39, 0.29) is 24.2 Å². The quantitative estimate of drug-likeness (QED) is 0.536. The zero-order valence-corrected chi connectivity index (χ0v) is 18.2. The SMILES string of the molecule is Cc1cccc(-c2n[nH]c(=S)n2CCC(=O)NCC(c2cccc(F)c2)N(C)C)c1. The highest BCUT2D eigenvalue weighted by Gasteiger charge is 2.16. The maximum Gasteiger partial charge on any atom is 0.221 e. The number of carbonyl (C=O) groups is 1. The van der Waals surface area contributed by atoms with E-state index in [1.807, 2.05) is 60.8 Å². The van der Waals surface area contributed by atoms with E-state index < -0.39 is 0 Å². The molecule has 3 aromatic rings. The van der Waals surface area contributed by atoms with E-state index in [2.05, 4.69) is 15.5 Å². The van der Waals surface area contributed by atoms with Gasteiger partial charge in [0.15, 0.2) is 10.6 Å². The number of aryl methyl sites for hydroxylation is 1. The third-order valence-electron chi connectivity index (χ3n) is 4.95. The normalized spacial score (nSPS) is 12.2. The van der Waals surface area contributed by atoms with Crippen LogP contribution < -0.4 is 5.32 Å². The lowest BCUT2D eigenvalue weighted by Gasteiger charge is -2.25. The van der Waals surface area contributed by atoms with Gasteiger partial charge in [0, 0.05) is 25.1 Å². The Kier molecular flexibility index (Phi) is 7.12. The first-order chi connectivity index (χ1) is 14.3. The van der Waals surface area contributed by atoms with Crippen molar-refractivity contribution in [1.29, 1.82) is 0 Å². The Labute approximate surface area is 180 Å². The average molecular weight is 428 g/mol. The predicted octanol–water partition coefficient (Wildman–Crippen LogP) is 3.86. The fourth-order valence-electron chi connectivity index (χ4n) is 3.35. The van der Waals surface area contributed by atoms with E-state index in [1.54, 1.807) is 6.07 Å². The Morgan fingerprint density at radius 3 is 2.73 bits per heavy atom. The number of likely N-dealkylation sites (N-methyl/N-ethyl adjacent to an activating group) is 1. The number of benzene rings is 2. The van der Waals surface area contributed by atoms with Gasteiger partial charge in [0.2, 0.25) is 5.91 Å². The zero-order chi connectivity index (χ0) is 21.7. The van der Waals surface area contributed by atoms with Crippen LogP contribution in [0.15, 0.2) is 48.5 Å². The number of nitrogens with one attached hydrogen (secondary N) is 2. The number of hydrogen-bond acceptors (Lipinski definition) is 4. The molecule has 0 fully saturated rings. The van der Waals surface area contributed by atoms with Crippen molar-refractivity contribution >= 4 is 18.1 Å². The molecule has 1 heterocycles. The summed E-state index contributed by atoms with van der Waals surface area (Å²) < 4.78 is 15.9. The van der Waals surface area contributed by atoms with Crippen LogP contribution in [0, 0.1) is 17.5 Å². The molecule has 158 valence electrons. The smallest absolute Gasteiger partial charge is 0.221 e. The van der Waals surface area contributed by atoms with Crippen molar-refractivity contribution in [2.24, 2.45) is 0 Å². The van der Waals surface area contributed by atoms with Crippen molar-refractivity contribution in [3.8, 4) is 11.4 Å². The topological polar surface area (TPSA) is 66.0 Å². The van der Waals surface area contributed by atoms with Crippen molar-refractivity contribution in [2.45, 2.75) is 25.9 Å². The van der Waals surface area contributed by atoms with Crippen LogP contribution >= 0.6 is 12.2 Å². The molecule has 8 heteroatoms. The first-order valence-corrected chi connectivity index (χ1v) is 10.2. The summed E-state index contributed by atoms with van der Waals surface area (Å²) in [6.07, 6.45) is 0.260. The third kappa shape index (κ3) is 5.40. The second kappa shape index (κ2) is 9.77. The molecule has 1 aromatic heterocycles. The lowest BCUT2D eigenvalue weighted by molar-refractivity contribution is -0.121. The van der Waals surface area contributed by atoms with Crippen LogP contribution in [0.4, 0.5) is 4.39 Å². The summed E-state index contributed by atoms with van der Waals surface area (Å²) in [5, 5.41) is 10.1. The molecular weight excluding hydrogens is 401 g/mol. The van der Waals surface area contributed by atoms with E-state index in [0.717, 1.165) is 16.7 Å². The summed E-state index contributed by atoms with van der Waals surface area (Å²) in [6, 6.07) is 14.3. The maximum atomic E-state index is 13.6. The van der Waals surface area contributed by atoms with E-state index in [9.17, 15) is 9.18 Å². The second-order valence-corrected chi connectivity index (χ2v) is 7.85. The molecule has 0 saturated carbocycles. The zero-order valence-electron chi connectivity index (χ0n) is 17.4. The molecule has 0 aliphatic heterocycles. The van der Waals surface area contributed by atoms with Crippen molar-refractivity contribution in [1.82, 2.24) is 25.0 Å². The number of hydrogen-bond donors (Lipinski definition) is 2. The molecule has 0 spiro atoms. The van der Waals surface area contributed by atoms with Gasteiger partial charge in [-0.05, 0) is 57.0 Å². The van der Waals surface area contributed by atoms with Crippen LogP contribution in [0.3, 0.4) is 0 Å². The fraction of sp³-hybridized carbons (Fsp3) is 0.318. The lowest BCUT2D eigenvalue weighted by atomic mass is 10.1. The van der Waals surface area contributed by atoms with Crippen molar-refractivity contribution in [3.63, 3.8) is 0 Å². The molecule has 2 aromatic carbocycles. The fourth-order valence-corrected chi connectivity index (χ4v) is 3.58. The van der Waals surface area contributed by atoms with Gasteiger partial charge in [0.05, 0.1) is 6.04 Å². The summed E-state index contributed by atoms with van der Waals surface area (Å²) in [7, 11) is 3.81. The van der Waals surface area contributed by atoms with Gasteiger partial charge in [-0.2, -0.15) is 5.10 Å². The van der Waals surface area contributed by atoms with Gasteiger partial charge in [-0.15, -0.1) is 0 Å². The number of amides is 1. The monoisotopic (exact) mass is 427 g/mol. The molecule has 30 heavy (non-hydrogen) atoms. The largest absolute Gasteiger partial charge is 0.354 e. The summed E-state index contributed by atoms with van der Waals surface area (Å²) >= 11 is 5.35. The molecule has 0 radical (unpaired) electrons. The van der Waals surface area contributed by atoms with Crippen LogP contribution in [-0.4, -0.2) is 46.2 Å². The number of aromatic nitrogens is 3. The van der Waals surface area contributed by atoms with Gasteiger partial charge >= 0.3 is 0 Å². The molecule has 0 aliphatic carbocycles. The summed E-state index contributed by atoms with van der Waals surface area (Å²) in [5.41, 5.74) is 2.89. The van der Waals surface area contributed by atoms with Crippen LogP contribution in [0.5, 0.6) is 0 Å². The van der Waals surface area contributed by atoms with Gasteiger partial charge in [0.25, 0.3) is 0 Å². The number of rotatable bonds is 8. The van der Waals surface area contributed by atoms with Gasteiger partial charge in [0.1, 0.15) is 5.82 Å². The first-order valence-electron chi connectivity index (χ1n) is 9.76. The summed E-state index contributed by atoms with van der Waals surface area (Å²) in [5.74, 6) is 0.322. The minimum Gasteiger partial charge on any atom is -0.354 e. The van der Waals surface area contributed by atoms with Crippen LogP contribution in [0.1, 0.15) is 23.6 Å². The highest BCUT2D eigenvalue weighted by molar-refractivity contribution is 7.71. The molecule has 0 bridgehead atoms. The molecule has 1 atom stereocenters. The number of carbonyl (C=O) groups excluding carboxylic acids is 1. The predicted molar refractivity (Wildman–Crippen MR) is 118 cm³/mol. The van der Waals surface area contributed by atoms with E-state index in [0.29, 0.717) is 23.7 Å². The number of aromatic amines is 1. The van der Waals surface area contributed by atoms with Crippen LogP contribution in [-0.2, 0) is 11.3 Å². The van der Waals surface area contributed by atoms with Crippen molar-refractivity contribution in [2.75, 3.05) is 20.6 Å². The molecule has 6 nitrogen and oxygen atoms in total. The first kappa shape index (κ1) is 21.9. The van der Waals surface area contributed by atoms with Gasteiger partial charge in [-0.1, -0.05) is 35.9 Å². The maximum absolute atomic E-state index is 13.6. The molecule has 1 amide bonds. The van der Waals surface area contributed by atoms with Crippen molar-refractivity contribution < 1.29 is 9.18 Å². The highest BCUT2D eigenvalue weighted by Crippen LogP contribution is 2.20. The minimum absolute atomic E-state index is 0.100. The molecule has 0 aliphatic rings. The Balaban J connectivity index is 1.64. The van der Waals surface area contributed by atoms with Gasteiger partial charge in [-0.3, -0.25) is 14.5 Å². The van der Waals surface area contributed by atoms with E-state index in [1.165, 1.54) is 12.1 Å². The van der Waals surface area contributed by atoms with Crippen LogP contribution in [0.25, 0.3) is 11.4 Å². The van der Waals surface area contributed by atoms with Crippen LogP contribution in [0.2, 0.25) is 0 Å². The van der Waals surface area contributed by atoms with E-state index >= 15 is 0 Å². The Morgan fingerprint density at radius 2 is 2.03 bits per heavy atom. The number of H-pyrrole nitrogens is 1.